The van der Waals surface area contributed by atoms with Crippen molar-refractivity contribution in [3.05, 3.63) is 0 Å². The van der Waals surface area contributed by atoms with Gasteiger partial charge in [0, 0.05) is 19.3 Å². The lowest BCUT2D eigenvalue weighted by Gasteiger charge is -2.61. The van der Waals surface area contributed by atoms with E-state index in [1.807, 2.05) is 14.2 Å². The van der Waals surface area contributed by atoms with Gasteiger partial charge in [-0.1, -0.05) is 19.8 Å². The minimum Gasteiger partial charge on any atom is -0.397 e. The summed E-state index contributed by atoms with van der Waals surface area (Å²) in [6.45, 7) is 2.28. The quantitative estimate of drug-likeness (QED) is 0.668. The predicted octanol–water partition coefficient (Wildman–Crippen LogP) is 4.49. The van der Waals surface area contributed by atoms with E-state index in [9.17, 15) is 0 Å². The first-order chi connectivity index (χ1) is 9.17. The molecule has 19 heavy (non-hydrogen) atoms. The van der Waals surface area contributed by atoms with Gasteiger partial charge in [-0.15, -0.1) is 0 Å². The molecule has 4 aliphatic carbocycles. The molecule has 4 saturated carbocycles. The van der Waals surface area contributed by atoms with Gasteiger partial charge in [-0.05, 0) is 62.3 Å². The maximum absolute atomic E-state index is 6.19. The van der Waals surface area contributed by atoms with Gasteiger partial charge in [-0.2, -0.15) is 0 Å². The smallest absolute Gasteiger partial charge is 0.344 e. The van der Waals surface area contributed by atoms with Gasteiger partial charge < -0.3 is 8.85 Å². The van der Waals surface area contributed by atoms with Crippen molar-refractivity contribution in [1.29, 1.82) is 0 Å². The van der Waals surface area contributed by atoms with Crippen LogP contribution in [0.1, 0.15) is 58.3 Å². The summed E-state index contributed by atoms with van der Waals surface area (Å²) >= 11 is 0. The molecule has 0 radical (unpaired) electrons. The Bertz CT molecular complexity index is 289. The highest BCUT2D eigenvalue weighted by Gasteiger charge is 2.63. The summed E-state index contributed by atoms with van der Waals surface area (Å²) in [5, 5.41) is 0.459. The van der Waals surface area contributed by atoms with Gasteiger partial charge in [0.1, 0.15) is 0 Å². The minimum absolute atomic E-state index is 0.459. The lowest BCUT2D eigenvalue weighted by atomic mass is 9.56. The van der Waals surface area contributed by atoms with Crippen molar-refractivity contribution in [2.45, 2.75) is 69.4 Å². The lowest BCUT2D eigenvalue weighted by Crippen LogP contribution is -2.59. The monoisotopic (exact) mass is 282 g/mol. The number of rotatable bonds is 6. The average Bonchev–Trinajstić information content (AvgIpc) is 2.38. The Kier molecular flexibility index (Phi) is 3.82. The van der Waals surface area contributed by atoms with Gasteiger partial charge in [-0.3, -0.25) is 0 Å². The average molecular weight is 282 g/mol. The van der Waals surface area contributed by atoms with Crippen LogP contribution in [0.4, 0.5) is 0 Å². The highest BCUT2D eigenvalue weighted by atomic mass is 28.4. The van der Waals surface area contributed by atoms with Crippen molar-refractivity contribution in [3.63, 3.8) is 0 Å². The first-order valence-electron chi connectivity index (χ1n) is 8.27. The van der Waals surface area contributed by atoms with Crippen LogP contribution in [0.3, 0.4) is 0 Å². The van der Waals surface area contributed by atoms with Crippen LogP contribution >= 0.6 is 0 Å². The second-order valence-electron chi connectivity index (χ2n) is 7.46. The maximum Gasteiger partial charge on any atom is 0.344 e. The summed E-state index contributed by atoms with van der Waals surface area (Å²) in [6, 6.07) is 1.21. The Morgan fingerprint density at radius 1 is 0.947 bits per heavy atom. The number of unbranched alkanes of at least 4 members (excludes halogenated alkanes) is 1. The van der Waals surface area contributed by atoms with Crippen molar-refractivity contribution < 1.29 is 8.85 Å². The van der Waals surface area contributed by atoms with Crippen LogP contribution in [0.25, 0.3) is 0 Å². The summed E-state index contributed by atoms with van der Waals surface area (Å²) in [5.74, 6) is 2.97. The van der Waals surface area contributed by atoms with Gasteiger partial charge in [0.15, 0.2) is 0 Å². The summed E-state index contributed by atoms with van der Waals surface area (Å²) in [7, 11) is 1.85. The fourth-order valence-corrected chi connectivity index (χ4v) is 10.6. The van der Waals surface area contributed by atoms with Crippen molar-refractivity contribution in [3.8, 4) is 0 Å². The molecule has 0 aromatic rings. The molecule has 2 nitrogen and oxygen atoms in total. The summed E-state index contributed by atoms with van der Waals surface area (Å²) in [4.78, 5) is 0. The van der Waals surface area contributed by atoms with E-state index in [2.05, 4.69) is 6.92 Å². The molecule has 0 atom stereocenters. The second-order valence-corrected chi connectivity index (χ2v) is 11.3. The van der Waals surface area contributed by atoms with Gasteiger partial charge in [0.05, 0.1) is 0 Å². The van der Waals surface area contributed by atoms with E-state index in [1.165, 1.54) is 57.4 Å². The fourth-order valence-electron chi connectivity index (χ4n) is 5.97. The second kappa shape index (κ2) is 5.16. The highest BCUT2D eigenvalue weighted by Crippen LogP contribution is 2.68. The minimum atomic E-state index is -2.02. The topological polar surface area (TPSA) is 18.5 Å². The molecule has 0 aliphatic heterocycles. The third-order valence-corrected chi connectivity index (χ3v) is 10.9. The molecule has 0 unspecified atom stereocenters. The van der Waals surface area contributed by atoms with Gasteiger partial charge in [-0.25, -0.2) is 0 Å². The Labute approximate surface area is 119 Å². The molecule has 0 aromatic carbocycles. The third-order valence-electron chi connectivity index (χ3n) is 6.37. The zero-order valence-corrected chi connectivity index (χ0v) is 13.9. The van der Waals surface area contributed by atoms with Crippen LogP contribution in [-0.4, -0.2) is 22.8 Å². The molecular weight excluding hydrogens is 252 g/mol. The van der Waals surface area contributed by atoms with Gasteiger partial charge in [0.25, 0.3) is 0 Å². The van der Waals surface area contributed by atoms with Crippen LogP contribution in [0.2, 0.25) is 11.1 Å². The van der Waals surface area contributed by atoms with Crippen molar-refractivity contribution >= 4 is 8.56 Å². The molecule has 0 heterocycles. The van der Waals surface area contributed by atoms with E-state index in [0.29, 0.717) is 5.04 Å². The first-order valence-corrected chi connectivity index (χ1v) is 10.3. The Hall–Kier alpha value is 0.137. The largest absolute Gasteiger partial charge is 0.397 e. The van der Waals surface area contributed by atoms with E-state index >= 15 is 0 Å². The SMILES string of the molecule is CCCC[Si](OC)(OC)C12CC3CC(CC(C3)C1)C2. The van der Waals surface area contributed by atoms with E-state index in [0.717, 1.165) is 17.8 Å². The third kappa shape index (κ3) is 2.13. The highest BCUT2D eigenvalue weighted by molar-refractivity contribution is 6.70. The summed E-state index contributed by atoms with van der Waals surface area (Å²) < 4.78 is 12.4. The molecule has 0 N–H and O–H groups in total. The molecule has 4 fully saturated rings. The van der Waals surface area contributed by atoms with E-state index in [-0.39, 0.29) is 0 Å². The van der Waals surface area contributed by atoms with E-state index in [4.69, 9.17) is 8.85 Å². The molecule has 4 rings (SSSR count). The molecule has 4 aliphatic rings. The summed E-state index contributed by atoms with van der Waals surface area (Å²) in [5.41, 5.74) is 0. The van der Waals surface area contributed by atoms with Gasteiger partial charge >= 0.3 is 8.56 Å². The zero-order chi connectivity index (χ0) is 13.5. The molecule has 0 spiro atoms. The van der Waals surface area contributed by atoms with Crippen molar-refractivity contribution in [2.75, 3.05) is 14.2 Å². The Balaban J connectivity index is 1.88. The van der Waals surface area contributed by atoms with E-state index < -0.39 is 8.56 Å². The normalized spacial score (nSPS) is 40.9. The van der Waals surface area contributed by atoms with Crippen molar-refractivity contribution in [2.24, 2.45) is 17.8 Å². The van der Waals surface area contributed by atoms with Crippen LogP contribution < -0.4 is 0 Å². The van der Waals surface area contributed by atoms with Crippen LogP contribution in [-0.2, 0) is 8.85 Å². The van der Waals surface area contributed by atoms with Crippen LogP contribution in [0, 0.1) is 17.8 Å². The molecule has 0 aromatic heterocycles. The summed E-state index contributed by atoms with van der Waals surface area (Å²) in [6.07, 6.45) is 11.3. The van der Waals surface area contributed by atoms with Gasteiger partial charge in [0.2, 0.25) is 0 Å². The van der Waals surface area contributed by atoms with Crippen LogP contribution in [0.15, 0.2) is 0 Å². The van der Waals surface area contributed by atoms with Crippen molar-refractivity contribution in [1.82, 2.24) is 0 Å². The molecule has 0 saturated heterocycles. The Morgan fingerprint density at radius 3 is 1.79 bits per heavy atom. The zero-order valence-electron chi connectivity index (χ0n) is 12.9. The molecule has 3 heteroatoms. The number of hydrogen-bond donors (Lipinski definition) is 0. The fraction of sp³-hybridized carbons (Fsp3) is 1.00. The van der Waals surface area contributed by atoms with E-state index in [1.54, 1.807) is 0 Å². The standard InChI is InChI=1S/C16H30O2Si/c1-4-5-6-19(17-2,18-3)16-10-13-7-14(11-16)9-15(8-13)12-16/h13-15H,4-12H2,1-3H3. The lowest BCUT2D eigenvalue weighted by molar-refractivity contribution is 0.00137. The molecule has 4 bridgehead atoms. The predicted molar refractivity (Wildman–Crippen MR) is 80.4 cm³/mol. The molecule has 110 valence electrons. The first kappa shape index (κ1) is 14.1. The van der Waals surface area contributed by atoms with Crippen LogP contribution in [0.5, 0.6) is 0 Å². The Morgan fingerprint density at radius 2 is 1.42 bits per heavy atom. The number of hydrogen-bond acceptors (Lipinski definition) is 2. The maximum atomic E-state index is 6.19. The molecule has 0 amide bonds. The molecular formula is C16H30O2Si.